The molecule has 3 aromatic rings. The maximum Gasteiger partial charge on any atom is 0.275 e. The van der Waals surface area contributed by atoms with Crippen LogP contribution in [0, 0.1) is 13.8 Å². The molecule has 0 spiro atoms. The number of hydrogen-bond acceptors (Lipinski definition) is 3. The van der Waals surface area contributed by atoms with Crippen molar-refractivity contribution in [3.8, 4) is 0 Å². The highest BCUT2D eigenvalue weighted by Crippen LogP contribution is 2.13. The number of fused-ring (bicyclic) bond motifs is 1. The number of benzene rings is 2. The molecule has 0 aliphatic rings. The highest BCUT2D eigenvalue weighted by Gasteiger charge is 2.10. The van der Waals surface area contributed by atoms with E-state index < -0.39 is 0 Å². The lowest BCUT2D eigenvalue weighted by Gasteiger charge is -2.19. The monoisotopic (exact) mass is 307 g/mol. The van der Waals surface area contributed by atoms with Crippen molar-refractivity contribution in [2.45, 2.75) is 27.1 Å². The Kier molecular flexibility index (Phi) is 4.26. The summed E-state index contributed by atoms with van der Waals surface area (Å²) >= 11 is 0. The van der Waals surface area contributed by atoms with Gasteiger partial charge in [-0.05, 0) is 38.1 Å². The number of hydrogen-bond donors (Lipinski definition) is 0. The molecule has 0 amide bonds. The summed E-state index contributed by atoms with van der Waals surface area (Å²) in [6, 6.07) is 15.9. The molecule has 0 N–H and O–H groups in total. The van der Waals surface area contributed by atoms with Crippen LogP contribution >= 0.6 is 0 Å². The number of rotatable bonds is 4. The standard InChI is InChI=1S/C19H21N3O/c1-14-8-4-5-9-16(14)12-21(3)13-22-19(23)18-11-7-6-10-17(18)15(2)20-22/h4-11H,12-13H2,1-3H3. The molecule has 2 aromatic carbocycles. The SMILES string of the molecule is Cc1ccccc1CN(C)Cn1nc(C)c2ccccc2c1=O. The first-order valence-electron chi connectivity index (χ1n) is 7.76. The van der Waals surface area contributed by atoms with Gasteiger partial charge in [-0.1, -0.05) is 42.5 Å². The molecule has 4 nitrogen and oxygen atoms in total. The van der Waals surface area contributed by atoms with Crippen LogP contribution in [0.4, 0.5) is 0 Å². The molecule has 0 saturated carbocycles. The first-order valence-corrected chi connectivity index (χ1v) is 7.76. The number of aryl methyl sites for hydroxylation is 2. The highest BCUT2D eigenvalue weighted by molar-refractivity contribution is 5.83. The smallest absolute Gasteiger partial charge is 0.275 e. The van der Waals surface area contributed by atoms with E-state index in [-0.39, 0.29) is 5.56 Å². The van der Waals surface area contributed by atoms with Gasteiger partial charge in [0, 0.05) is 11.9 Å². The van der Waals surface area contributed by atoms with E-state index in [1.165, 1.54) is 11.1 Å². The van der Waals surface area contributed by atoms with Crippen LogP contribution in [-0.2, 0) is 13.2 Å². The maximum atomic E-state index is 12.6. The largest absolute Gasteiger partial charge is 0.283 e. The Morgan fingerprint density at radius 1 is 1.00 bits per heavy atom. The van der Waals surface area contributed by atoms with Crippen molar-refractivity contribution < 1.29 is 0 Å². The van der Waals surface area contributed by atoms with Crippen LogP contribution in [0.1, 0.15) is 16.8 Å². The molecule has 0 aliphatic heterocycles. The lowest BCUT2D eigenvalue weighted by Crippen LogP contribution is -2.32. The minimum Gasteiger partial charge on any atom is -0.283 e. The third kappa shape index (κ3) is 3.17. The quantitative estimate of drug-likeness (QED) is 0.743. The zero-order valence-corrected chi connectivity index (χ0v) is 13.8. The molecule has 0 radical (unpaired) electrons. The Bertz CT molecular complexity index is 899. The van der Waals surface area contributed by atoms with E-state index in [1.807, 2.05) is 50.4 Å². The predicted molar refractivity (Wildman–Crippen MR) is 93.4 cm³/mol. The summed E-state index contributed by atoms with van der Waals surface area (Å²) in [4.78, 5) is 14.7. The fourth-order valence-electron chi connectivity index (χ4n) is 2.86. The number of aromatic nitrogens is 2. The van der Waals surface area contributed by atoms with Crippen molar-refractivity contribution in [2.24, 2.45) is 0 Å². The van der Waals surface area contributed by atoms with E-state index >= 15 is 0 Å². The van der Waals surface area contributed by atoms with Gasteiger partial charge < -0.3 is 0 Å². The van der Waals surface area contributed by atoms with Crippen LogP contribution in [0.2, 0.25) is 0 Å². The zero-order chi connectivity index (χ0) is 16.4. The van der Waals surface area contributed by atoms with Gasteiger partial charge in [-0.25, -0.2) is 4.68 Å². The van der Waals surface area contributed by atoms with Gasteiger partial charge in [-0.15, -0.1) is 0 Å². The van der Waals surface area contributed by atoms with Crippen LogP contribution < -0.4 is 5.56 Å². The summed E-state index contributed by atoms with van der Waals surface area (Å²) in [5.41, 5.74) is 3.36. The lowest BCUT2D eigenvalue weighted by molar-refractivity contribution is 0.240. The van der Waals surface area contributed by atoms with Crippen LogP contribution in [0.5, 0.6) is 0 Å². The lowest BCUT2D eigenvalue weighted by atomic mass is 10.1. The molecular formula is C19H21N3O. The molecule has 0 bridgehead atoms. The van der Waals surface area contributed by atoms with E-state index in [4.69, 9.17) is 0 Å². The molecule has 1 aromatic heterocycles. The summed E-state index contributed by atoms with van der Waals surface area (Å²) < 4.78 is 1.55. The van der Waals surface area contributed by atoms with Gasteiger partial charge in [-0.2, -0.15) is 5.10 Å². The van der Waals surface area contributed by atoms with Gasteiger partial charge >= 0.3 is 0 Å². The molecule has 23 heavy (non-hydrogen) atoms. The van der Waals surface area contributed by atoms with Crippen molar-refractivity contribution in [1.29, 1.82) is 0 Å². The van der Waals surface area contributed by atoms with E-state index in [9.17, 15) is 4.79 Å². The summed E-state index contributed by atoms with van der Waals surface area (Å²) in [6.45, 7) is 5.30. The molecule has 3 rings (SSSR count). The van der Waals surface area contributed by atoms with Crippen molar-refractivity contribution in [2.75, 3.05) is 7.05 Å². The van der Waals surface area contributed by atoms with Crippen molar-refractivity contribution in [3.63, 3.8) is 0 Å². The van der Waals surface area contributed by atoms with Gasteiger partial charge in [0.1, 0.15) is 0 Å². The molecule has 118 valence electrons. The highest BCUT2D eigenvalue weighted by atomic mass is 16.1. The van der Waals surface area contributed by atoms with Crippen molar-refractivity contribution in [3.05, 3.63) is 75.7 Å². The fourth-order valence-corrected chi connectivity index (χ4v) is 2.86. The second-order valence-electron chi connectivity index (χ2n) is 6.02. The van der Waals surface area contributed by atoms with Crippen LogP contribution in [0.3, 0.4) is 0 Å². The van der Waals surface area contributed by atoms with Crippen molar-refractivity contribution >= 4 is 10.8 Å². The fraction of sp³-hybridized carbons (Fsp3) is 0.263. The summed E-state index contributed by atoms with van der Waals surface area (Å²) in [6.07, 6.45) is 0. The Balaban J connectivity index is 1.88. The third-order valence-corrected chi connectivity index (χ3v) is 4.13. The molecule has 4 heteroatoms. The Morgan fingerprint density at radius 3 is 2.39 bits per heavy atom. The van der Waals surface area contributed by atoms with E-state index in [2.05, 4.69) is 29.1 Å². The van der Waals surface area contributed by atoms with Gasteiger partial charge in [0.05, 0.1) is 17.7 Å². The Labute approximate surface area is 136 Å². The molecule has 0 unspecified atom stereocenters. The van der Waals surface area contributed by atoms with Gasteiger partial charge in [0.15, 0.2) is 0 Å². The first-order chi connectivity index (χ1) is 11.1. The Hall–Kier alpha value is -2.46. The molecular weight excluding hydrogens is 286 g/mol. The molecule has 0 atom stereocenters. The number of nitrogens with zero attached hydrogens (tertiary/aromatic N) is 3. The maximum absolute atomic E-state index is 12.6. The second kappa shape index (κ2) is 6.34. The molecule has 0 saturated heterocycles. The predicted octanol–water partition coefficient (Wildman–Crippen LogP) is 3.10. The first kappa shape index (κ1) is 15.4. The van der Waals surface area contributed by atoms with Crippen LogP contribution in [0.25, 0.3) is 10.8 Å². The Morgan fingerprint density at radius 2 is 1.65 bits per heavy atom. The molecule has 0 fully saturated rings. The summed E-state index contributed by atoms with van der Waals surface area (Å²) in [5.74, 6) is 0. The summed E-state index contributed by atoms with van der Waals surface area (Å²) in [7, 11) is 2.01. The zero-order valence-electron chi connectivity index (χ0n) is 13.8. The van der Waals surface area contributed by atoms with Gasteiger partial charge in [0.25, 0.3) is 5.56 Å². The third-order valence-electron chi connectivity index (χ3n) is 4.13. The molecule has 0 aliphatic carbocycles. The van der Waals surface area contributed by atoms with Crippen LogP contribution in [0.15, 0.2) is 53.3 Å². The van der Waals surface area contributed by atoms with Crippen LogP contribution in [-0.4, -0.2) is 21.7 Å². The minimum absolute atomic E-state index is 0.0390. The van der Waals surface area contributed by atoms with E-state index in [0.29, 0.717) is 6.67 Å². The van der Waals surface area contributed by atoms with Crippen molar-refractivity contribution in [1.82, 2.24) is 14.7 Å². The van der Waals surface area contributed by atoms with E-state index in [1.54, 1.807) is 4.68 Å². The molecule has 1 heterocycles. The van der Waals surface area contributed by atoms with Gasteiger partial charge in [0.2, 0.25) is 0 Å². The minimum atomic E-state index is -0.0390. The van der Waals surface area contributed by atoms with E-state index in [0.717, 1.165) is 23.0 Å². The average Bonchev–Trinajstić information content (AvgIpc) is 2.54. The summed E-state index contributed by atoms with van der Waals surface area (Å²) in [5, 5.41) is 6.12. The normalized spacial score (nSPS) is 11.3. The second-order valence-corrected chi connectivity index (χ2v) is 6.02. The van der Waals surface area contributed by atoms with Gasteiger partial charge in [-0.3, -0.25) is 9.69 Å². The topological polar surface area (TPSA) is 38.1 Å². The average molecular weight is 307 g/mol.